The monoisotopic (exact) mass is 485 g/mol. The molecule has 2 aromatic heterocycles. The summed E-state index contributed by atoms with van der Waals surface area (Å²) in [6.07, 6.45) is 3.00. The fraction of sp³-hybridized carbons (Fsp3) is 0.538. The van der Waals surface area contributed by atoms with Crippen LogP contribution in [-0.2, 0) is 22.4 Å². The fourth-order valence-corrected chi connectivity index (χ4v) is 4.73. The van der Waals surface area contributed by atoms with Crippen LogP contribution in [0.4, 0.5) is 5.82 Å². The van der Waals surface area contributed by atoms with Crippen LogP contribution in [0, 0.1) is 0 Å². The lowest BCUT2D eigenvalue weighted by Gasteiger charge is -2.26. The molecule has 1 aromatic carbocycles. The fourth-order valence-electron chi connectivity index (χ4n) is 4.07. The molecule has 0 aliphatic heterocycles. The highest BCUT2D eigenvalue weighted by atomic mass is 31.1. The largest absolute Gasteiger partial charge is 0.380 e. The number of hydrogen-bond donors (Lipinski definition) is 1. The lowest BCUT2D eigenvalue weighted by Crippen LogP contribution is -2.30. The zero-order chi connectivity index (χ0) is 24.5. The average molecular weight is 486 g/mol. The van der Waals surface area contributed by atoms with E-state index in [-0.39, 0.29) is 8.15 Å². The molecule has 0 bridgehead atoms. The van der Waals surface area contributed by atoms with Gasteiger partial charge in [-0.3, -0.25) is 0 Å². The molecule has 2 heterocycles. The van der Waals surface area contributed by atoms with Gasteiger partial charge in [-0.05, 0) is 64.2 Å². The summed E-state index contributed by atoms with van der Waals surface area (Å²) in [5.41, 5.74) is 4.38. The van der Waals surface area contributed by atoms with Gasteiger partial charge in [-0.15, -0.1) is 0 Å². The van der Waals surface area contributed by atoms with Crippen molar-refractivity contribution in [3.63, 3.8) is 0 Å². The molecule has 1 N–H and O–H groups in total. The van der Waals surface area contributed by atoms with Gasteiger partial charge in [0.15, 0.2) is 0 Å². The second kappa shape index (κ2) is 13.1. The SMILES string of the molecule is CCOCCn1c(-c2ccc(N(CC)C(C)C)nc2)nc2cc(CNCCP(C)OC)ccc21. The van der Waals surface area contributed by atoms with Crippen molar-refractivity contribution in [2.75, 3.05) is 51.1 Å². The molecule has 0 saturated heterocycles. The molecule has 0 amide bonds. The smallest absolute Gasteiger partial charge is 0.142 e. The summed E-state index contributed by atoms with van der Waals surface area (Å²) < 4.78 is 13.3. The van der Waals surface area contributed by atoms with Crippen molar-refractivity contribution in [1.29, 1.82) is 0 Å². The molecule has 1 unspecified atom stereocenters. The van der Waals surface area contributed by atoms with Gasteiger partial charge < -0.3 is 24.0 Å². The van der Waals surface area contributed by atoms with E-state index in [4.69, 9.17) is 19.2 Å². The van der Waals surface area contributed by atoms with E-state index in [1.165, 1.54) is 5.56 Å². The molecule has 186 valence electrons. The topological polar surface area (TPSA) is 64.4 Å². The van der Waals surface area contributed by atoms with Crippen LogP contribution in [0.1, 0.15) is 33.3 Å². The van der Waals surface area contributed by atoms with E-state index in [1.807, 2.05) is 13.1 Å². The summed E-state index contributed by atoms with van der Waals surface area (Å²) in [6, 6.07) is 11.2. The van der Waals surface area contributed by atoms with Crippen LogP contribution >= 0.6 is 8.15 Å². The van der Waals surface area contributed by atoms with E-state index in [0.29, 0.717) is 19.3 Å². The molecule has 7 nitrogen and oxygen atoms in total. The summed E-state index contributed by atoms with van der Waals surface area (Å²) in [7, 11) is 1.45. The Kier molecular flexibility index (Phi) is 10.3. The van der Waals surface area contributed by atoms with E-state index < -0.39 is 0 Å². The van der Waals surface area contributed by atoms with E-state index in [9.17, 15) is 0 Å². The number of pyridine rings is 1. The van der Waals surface area contributed by atoms with Crippen molar-refractivity contribution >= 4 is 25.0 Å². The van der Waals surface area contributed by atoms with Gasteiger partial charge in [0.05, 0.1) is 17.6 Å². The van der Waals surface area contributed by atoms with Gasteiger partial charge in [0.1, 0.15) is 11.6 Å². The minimum atomic E-state index is -0.332. The number of nitrogens with one attached hydrogen (secondary N) is 1. The van der Waals surface area contributed by atoms with Crippen LogP contribution in [0.5, 0.6) is 0 Å². The summed E-state index contributed by atoms with van der Waals surface area (Å²) in [5.74, 6) is 1.93. The molecule has 0 spiro atoms. The third-order valence-corrected chi connectivity index (χ3v) is 7.46. The Labute approximate surface area is 205 Å². The molecule has 0 fully saturated rings. The van der Waals surface area contributed by atoms with Gasteiger partial charge in [0.25, 0.3) is 0 Å². The third kappa shape index (κ3) is 6.76. The molecule has 3 rings (SSSR count). The first-order valence-corrected chi connectivity index (χ1v) is 14.1. The standard InChI is InChI=1S/C26H40N5O2P/c1-7-30(20(3)4)25-12-10-22(19-28-25)26-29-23-17-21(18-27-13-16-34(6)32-5)9-11-24(23)31(26)14-15-33-8-2/h9-12,17,19-20,27H,7-8,13-16,18H2,1-6H3. The Morgan fingerprint density at radius 3 is 2.65 bits per heavy atom. The van der Waals surface area contributed by atoms with Gasteiger partial charge in [-0.1, -0.05) is 6.07 Å². The van der Waals surface area contributed by atoms with Crippen LogP contribution in [0.3, 0.4) is 0 Å². The number of nitrogens with zero attached hydrogens (tertiary/aromatic N) is 4. The molecule has 1 atom stereocenters. The zero-order valence-corrected chi connectivity index (χ0v) is 22.4. The quantitative estimate of drug-likeness (QED) is 0.252. The molecule has 0 radical (unpaired) electrons. The summed E-state index contributed by atoms with van der Waals surface area (Å²) in [4.78, 5) is 12.1. The van der Waals surface area contributed by atoms with Crippen molar-refractivity contribution in [3.8, 4) is 11.4 Å². The summed E-state index contributed by atoms with van der Waals surface area (Å²) >= 11 is 0. The van der Waals surface area contributed by atoms with Crippen LogP contribution in [0.25, 0.3) is 22.4 Å². The van der Waals surface area contributed by atoms with Crippen molar-refractivity contribution in [2.45, 2.75) is 46.8 Å². The number of imidazole rings is 1. The molecule has 3 aromatic rings. The summed E-state index contributed by atoms with van der Waals surface area (Å²) in [6.45, 7) is 15.5. The number of rotatable bonds is 14. The predicted octanol–water partition coefficient (Wildman–Crippen LogP) is 5.13. The lowest BCUT2D eigenvalue weighted by atomic mass is 10.2. The number of fused-ring (bicyclic) bond motifs is 1. The second-order valence-corrected chi connectivity index (χ2v) is 10.7. The maximum Gasteiger partial charge on any atom is 0.142 e. The Morgan fingerprint density at radius 1 is 1.18 bits per heavy atom. The van der Waals surface area contributed by atoms with Crippen molar-refractivity contribution in [2.24, 2.45) is 0 Å². The van der Waals surface area contributed by atoms with Gasteiger partial charge in [0, 0.05) is 72.0 Å². The van der Waals surface area contributed by atoms with Gasteiger partial charge in [0.2, 0.25) is 0 Å². The first kappa shape index (κ1) is 26.6. The van der Waals surface area contributed by atoms with E-state index >= 15 is 0 Å². The Morgan fingerprint density at radius 2 is 2.00 bits per heavy atom. The van der Waals surface area contributed by atoms with Crippen molar-refractivity contribution in [3.05, 3.63) is 42.1 Å². The van der Waals surface area contributed by atoms with E-state index in [2.05, 4.69) is 72.6 Å². The Hall–Kier alpha value is -2.05. The van der Waals surface area contributed by atoms with Crippen LogP contribution in [0.2, 0.25) is 0 Å². The lowest BCUT2D eigenvalue weighted by molar-refractivity contribution is 0.140. The molecule has 0 aliphatic carbocycles. The highest BCUT2D eigenvalue weighted by Crippen LogP contribution is 2.29. The first-order valence-electron chi connectivity index (χ1n) is 12.2. The van der Waals surface area contributed by atoms with E-state index in [0.717, 1.165) is 60.6 Å². The minimum absolute atomic E-state index is 0.332. The number of hydrogen-bond acceptors (Lipinski definition) is 6. The highest BCUT2D eigenvalue weighted by Gasteiger charge is 2.15. The highest BCUT2D eigenvalue weighted by molar-refractivity contribution is 7.51. The van der Waals surface area contributed by atoms with Gasteiger partial charge >= 0.3 is 0 Å². The number of anilines is 1. The van der Waals surface area contributed by atoms with Crippen molar-refractivity contribution < 1.29 is 9.26 Å². The molecule has 0 aliphatic rings. The molecule has 0 saturated carbocycles. The zero-order valence-electron chi connectivity index (χ0n) is 21.5. The third-order valence-electron chi connectivity index (χ3n) is 5.98. The van der Waals surface area contributed by atoms with E-state index in [1.54, 1.807) is 7.11 Å². The number of aromatic nitrogens is 3. The Balaban J connectivity index is 1.86. The van der Waals surface area contributed by atoms with Crippen LogP contribution in [0.15, 0.2) is 36.5 Å². The summed E-state index contributed by atoms with van der Waals surface area (Å²) in [5, 5.41) is 3.52. The molecule has 34 heavy (non-hydrogen) atoms. The minimum Gasteiger partial charge on any atom is -0.380 e. The maximum absolute atomic E-state index is 5.67. The number of ether oxygens (including phenoxy) is 1. The molecular weight excluding hydrogens is 445 g/mol. The van der Waals surface area contributed by atoms with Crippen LogP contribution in [-0.4, -0.2) is 66.8 Å². The van der Waals surface area contributed by atoms with Crippen LogP contribution < -0.4 is 10.2 Å². The average Bonchev–Trinajstić information content (AvgIpc) is 3.20. The van der Waals surface area contributed by atoms with Crippen molar-refractivity contribution in [1.82, 2.24) is 19.9 Å². The first-order chi connectivity index (χ1) is 16.5. The van der Waals surface area contributed by atoms with Gasteiger partial charge in [-0.25, -0.2) is 9.97 Å². The maximum atomic E-state index is 5.67. The molecular formula is C26H40N5O2P. The normalized spacial score (nSPS) is 12.6. The second-order valence-electron chi connectivity index (χ2n) is 8.60. The Bertz CT molecular complexity index is 1020. The van der Waals surface area contributed by atoms with Gasteiger partial charge in [-0.2, -0.15) is 0 Å². The predicted molar refractivity (Wildman–Crippen MR) is 144 cm³/mol. The molecule has 8 heteroatoms. The number of benzene rings is 1.